The van der Waals surface area contributed by atoms with E-state index in [4.69, 9.17) is 4.74 Å². The molecule has 2 unspecified atom stereocenters. The number of nitrogens with one attached hydrogen (secondary N) is 2. The second-order valence-corrected chi connectivity index (χ2v) is 6.20. The quantitative estimate of drug-likeness (QED) is 0.637. The fraction of sp³-hybridized carbons (Fsp3) is 0.438. The number of fused-ring (bicyclic) bond motifs is 3. The van der Waals surface area contributed by atoms with E-state index in [2.05, 4.69) is 10.6 Å². The minimum Gasteiger partial charge on any atom is -0.489 e. The maximum atomic E-state index is 12.7. The number of nitrogens with zero attached hydrogens (tertiary/aromatic N) is 1. The summed E-state index contributed by atoms with van der Waals surface area (Å²) in [6.07, 6.45) is 0.559. The largest absolute Gasteiger partial charge is 0.489 e. The van der Waals surface area contributed by atoms with Gasteiger partial charge in [0.1, 0.15) is 18.4 Å². The molecule has 0 radical (unpaired) electrons. The normalized spacial score (nSPS) is 25.5. The van der Waals surface area contributed by atoms with Crippen molar-refractivity contribution in [3.8, 4) is 5.75 Å². The highest BCUT2D eigenvalue weighted by atomic mass is 16.5. The molecule has 1 aromatic rings. The molecule has 3 heterocycles. The van der Waals surface area contributed by atoms with Gasteiger partial charge in [-0.2, -0.15) is 0 Å². The van der Waals surface area contributed by atoms with Gasteiger partial charge in [0, 0.05) is 17.5 Å². The van der Waals surface area contributed by atoms with Gasteiger partial charge in [-0.25, -0.2) is 0 Å². The number of rotatable bonds is 2. The van der Waals surface area contributed by atoms with Crippen molar-refractivity contribution in [2.24, 2.45) is 0 Å². The van der Waals surface area contributed by atoms with Crippen LogP contribution in [-0.2, 0) is 16.1 Å². The van der Waals surface area contributed by atoms with E-state index in [1.807, 2.05) is 0 Å². The van der Waals surface area contributed by atoms with E-state index in [1.165, 1.54) is 4.90 Å². The number of aliphatic hydroxyl groups is 1. The minimum absolute atomic E-state index is 0.0438. The van der Waals surface area contributed by atoms with Crippen LogP contribution in [0.4, 0.5) is 5.69 Å². The Balaban J connectivity index is 1.63. The van der Waals surface area contributed by atoms with Crippen LogP contribution in [0.15, 0.2) is 12.1 Å². The zero-order chi connectivity index (χ0) is 16.8. The minimum atomic E-state index is -0.639. The fourth-order valence-corrected chi connectivity index (χ4v) is 3.44. The highest BCUT2D eigenvalue weighted by molar-refractivity contribution is 6.06. The van der Waals surface area contributed by atoms with Gasteiger partial charge < -0.3 is 20.1 Å². The first kappa shape index (κ1) is 14.9. The Kier molecular flexibility index (Phi) is 3.42. The monoisotopic (exact) mass is 331 g/mol. The van der Waals surface area contributed by atoms with Gasteiger partial charge in [0.2, 0.25) is 11.8 Å². The van der Waals surface area contributed by atoms with E-state index in [1.54, 1.807) is 12.1 Å². The smallest absolute Gasteiger partial charge is 0.255 e. The maximum absolute atomic E-state index is 12.7. The number of ether oxygens (including phenoxy) is 1. The summed E-state index contributed by atoms with van der Waals surface area (Å²) in [6, 6.07) is 2.64. The summed E-state index contributed by atoms with van der Waals surface area (Å²) in [4.78, 5) is 37.5. The number of aliphatic hydroxyl groups excluding tert-OH is 1. The van der Waals surface area contributed by atoms with Gasteiger partial charge in [-0.15, -0.1) is 0 Å². The molecule has 126 valence electrons. The molecule has 1 fully saturated rings. The molecular weight excluding hydrogens is 314 g/mol. The van der Waals surface area contributed by atoms with E-state index in [0.717, 1.165) is 11.3 Å². The number of hydrogen-bond donors (Lipinski definition) is 3. The topological polar surface area (TPSA) is 108 Å². The van der Waals surface area contributed by atoms with Crippen molar-refractivity contribution >= 4 is 23.4 Å². The van der Waals surface area contributed by atoms with Crippen LogP contribution < -0.4 is 15.4 Å². The van der Waals surface area contributed by atoms with Gasteiger partial charge in [-0.1, -0.05) is 0 Å². The first-order chi connectivity index (χ1) is 11.6. The Morgan fingerprint density at radius 2 is 2.12 bits per heavy atom. The van der Waals surface area contributed by atoms with Gasteiger partial charge in [0.25, 0.3) is 5.91 Å². The molecule has 2 atom stereocenters. The van der Waals surface area contributed by atoms with Crippen molar-refractivity contribution in [1.29, 1.82) is 0 Å². The highest BCUT2D eigenvalue weighted by Gasteiger charge is 2.41. The Labute approximate surface area is 137 Å². The molecule has 1 saturated heterocycles. The molecular formula is C16H17N3O5. The Morgan fingerprint density at radius 3 is 2.88 bits per heavy atom. The van der Waals surface area contributed by atoms with E-state index >= 15 is 0 Å². The summed E-state index contributed by atoms with van der Waals surface area (Å²) in [5, 5.41) is 14.7. The fourth-order valence-electron chi connectivity index (χ4n) is 3.44. The molecule has 3 aliphatic rings. The van der Waals surface area contributed by atoms with Gasteiger partial charge >= 0.3 is 0 Å². The van der Waals surface area contributed by atoms with Crippen LogP contribution in [0.5, 0.6) is 5.75 Å². The summed E-state index contributed by atoms with van der Waals surface area (Å²) in [7, 11) is 0. The number of carbonyl (C=O) groups is 3. The van der Waals surface area contributed by atoms with Gasteiger partial charge in [0.15, 0.2) is 0 Å². The summed E-state index contributed by atoms with van der Waals surface area (Å²) in [5.74, 6) is -0.364. The number of anilines is 1. The molecule has 3 aliphatic heterocycles. The van der Waals surface area contributed by atoms with Gasteiger partial charge in [0.05, 0.1) is 24.9 Å². The lowest BCUT2D eigenvalue weighted by Gasteiger charge is -2.30. The molecule has 24 heavy (non-hydrogen) atoms. The molecule has 3 amide bonds. The van der Waals surface area contributed by atoms with E-state index in [-0.39, 0.29) is 37.4 Å². The zero-order valence-corrected chi connectivity index (χ0v) is 12.9. The standard InChI is InChI=1S/C16H17N3O5/c20-6-8-7-24-14-10-5-19(12-3-4-13(21)18-15(12)22)16(23)9(10)1-2-11(14)17-8/h1-2,8,12,17,20H,3-7H2,(H,18,21,22). The van der Waals surface area contributed by atoms with E-state index in [9.17, 15) is 19.5 Å². The number of benzene rings is 1. The van der Waals surface area contributed by atoms with Crippen molar-refractivity contribution in [2.45, 2.75) is 31.5 Å². The molecule has 0 spiro atoms. The third-order valence-electron chi connectivity index (χ3n) is 4.68. The number of amides is 3. The van der Waals surface area contributed by atoms with Crippen molar-refractivity contribution < 1.29 is 24.2 Å². The maximum Gasteiger partial charge on any atom is 0.255 e. The highest BCUT2D eigenvalue weighted by Crippen LogP contribution is 2.40. The van der Waals surface area contributed by atoms with Crippen LogP contribution in [0.3, 0.4) is 0 Å². The Bertz CT molecular complexity index is 747. The second kappa shape index (κ2) is 5.48. The Morgan fingerprint density at radius 1 is 1.29 bits per heavy atom. The Hall–Kier alpha value is -2.61. The molecule has 8 heteroatoms. The second-order valence-electron chi connectivity index (χ2n) is 6.20. The summed E-state index contributed by atoms with van der Waals surface area (Å²) in [5.41, 5.74) is 1.99. The average molecular weight is 331 g/mol. The van der Waals surface area contributed by atoms with Gasteiger partial charge in [-0.3, -0.25) is 19.7 Å². The average Bonchev–Trinajstić information content (AvgIpc) is 2.91. The van der Waals surface area contributed by atoms with Crippen LogP contribution in [0.25, 0.3) is 0 Å². The van der Waals surface area contributed by atoms with Crippen LogP contribution >= 0.6 is 0 Å². The molecule has 4 rings (SSSR count). The third-order valence-corrected chi connectivity index (χ3v) is 4.68. The number of piperidine rings is 1. The van der Waals surface area contributed by atoms with Crippen molar-refractivity contribution in [1.82, 2.24) is 10.2 Å². The zero-order valence-electron chi connectivity index (χ0n) is 12.9. The van der Waals surface area contributed by atoms with Crippen molar-refractivity contribution in [3.63, 3.8) is 0 Å². The molecule has 0 aliphatic carbocycles. The summed E-state index contributed by atoms with van der Waals surface area (Å²) < 4.78 is 5.74. The molecule has 1 aromatic carbocycles. The van der Waals surface area contributed by atoms with Crippen LogP contribution in [0.2, 0.25) is 0 Å². The van der Waals surface area contributed by atoms with Crippen LogP contribution in [0.1, 0.15) is 28.8 Å². The molecule has 8 nitrogen and oxygen atoms in total. The number of imide groups is 1. The lowest BCUT2D eigenvalue weighted by molar-refractivity contribution is -0.136. The van der Waals surface area contributed by atoms with Crippen LogP contribution in [0, 0.1) is 0 Å². The van der Waals surface area contributed by atoms with Crippen molar-refractivity contribution in [2.75, 3.05) is 18.5 Å². The first-order valence-corrected chi connectivity index (χ1v) is 7.89. The number of carbonyl (C=O) groups excluding carboxylic acids is 3. The molecule has 0 saturated carbocycles. The SMILES string of the molecule is O=C1CCC(N2Cc3c(ccc4c3OCC(CO)N4)C2=O)C(=O)N1. The first-order valence-electron chi connectivity index (χ1n) is 7.89. The lowest BCUT2D eigenvalue weighted by Crippen LogP contribution is -2.52. The van der Waals surface area contributed by atoms with E-state index < -0.39 is 11.9 Å². The predicted molar refractivity (Wildman–Crippen MR) is 82.5 cm³/mol. The molecule has 3 N–H and O–H groups in total. The third kappa shape index (κ3) is 2.22. The number of hydrogen-bond acceptors (Lipinski definition) is 6. The molecule has 0 bridgehead atoms. The van der Waals surface area contributed by atoms with Crippen LogP contribution in [-0.4, -0.2) is 53.0 Å². The summed E-state index contributed by atoms with van der Waals surface area (Å²) >= 11 is 0. The van der Waals surface area contributed by atoms with Gasteiger partial charge in [-0.05, 0) is 18.6 Å². The predicted octanol–water partition coefficient (Wildman–Crippen LogP) is -0.387. The molecule has 0 aromatic heterocycles. The summed E-state index contributed by atoms with van der Waals surface area (Å²) in [6.45, 7) is 0.541. The lowest BCUT2D eigenvalue weighted by atomic mass is 10.0. The van der Waals surface area contributed by atoms with E-state index in [0.29, 0.717) is 24.3 Å². The van der Waals surface area contributed by atoms with Crippen molar-refractivity contribution in [3.05, 3.63) is 23.3 Å².